The van der Waals surface area contributed by atoms with Crippen LogP contribution in [0.4, 0.5) is 0 Å². The van der Waals surface area contributed by atoms with Gasteiger partial charge in [-0.15, -0.1) is 0 Å². The molecule has 1 aliphatic rings. The number of Topliss-reactive ketones (excluding diaryl/α,β-unsaturated/α-hetero) is 1. The van der Waals surface area contributed by atoms with Crippen LogP contribution in [-0.4, -0.2) is 69.2 Å². The van der Waals surface area contributed by atoms with Crippen LogP contribution in [0.25, 0.3) is 0 Å². The van der Waals surface area contributed by atoms with E-state index in [0.29, 0.717) is 38.5 Å². The molecule has 0 amide bonds. The van der Waals surface area contributed by atoms with Gasteiger partial charge in [-0.25, -0.2) is 4.57 Å². The maximum atomic E-state index is 12.5. The second kappa shape index (κ2) is 32.4. The summed E-state index contributed by atoms with van der Waals surface area (Å²) in [6.07, 6.45) is 34.6. The number of esters is 2. The van der Waals surface area contributed by atoms with E-state index in [2.05, 4.69) is 42.7 Å². The molecule has 5 atom stereocenters. The van der Waals surface area contributed by atoms with E-state index in [9.17, 15) is 29.2 Å². The predicted octanol–water partition coefficient (Wildman–Crippen LogP) is 9.10. The highest BCUT2D eigenvalue weighted by molar-refractivity contribution is 7.46. The number of unbranched alkanes of at least 4 members (excludes halogenated alkanes) is 10. The Morgan fingerprint density at radius 2 is 1.33 bits per heavy atom. The summed E-state index contributed by atoms with van der Waals surface area (Å²) in [5.41, 5.74) is 0. The highest BCUT2D eigenvalue weighted by atomic mass is 31.2. The Labute approximate surface area is 330 Å². The van der Waals surface area contributed by atoms with Gasteiger partial charge in [0.1, 0.15) is 12.4 Å². The van der Waals surface area contributed by atoms with Crippen LogP contribution in [0.1, 0.15) is 149 Å². The third kappa shape index (κ3) is 28.4. The lowest BCUT2D eigenvalue weighted by Crippen LogP contribution is -2.29. The molecule has 55 heavy (non-hydrogen) atoms. The molecule has 0 heterocycles. The van der Waals surface area contributed by atoms with E-state index in [-0.39, 0.29) is 36.9 Å². The highest BCUT2D eigenvalue weighted by Gasteiger charge is 2.39. The average Bonchev–Trinajstić information content (AvgIpc) is 3.41. The number of ketones is 1. The molecule has 0 aromatic heterocycles. The summed E-state index contributed by atoms with van der Waals surface area (Å²) in [4.78, 5) is 55.5. The quantitative estimate of drug-likeness (QED) is 0.0216. The van der Waals surface area contributed by atoms with Gasteiger partial charge in [0.2, 0.25) is 0 Å². The molecular weight excluding hydrogens is 723 g/mol. The van der Waals surface area contributed by atoms with Crippen molar-refractivity contribution in [1.29, 1.82) is 0 Å². The summed E-state index contributed by atoms with van der Waals surface area (Å²) in [5.74, 6) is -1.88. The number of aliphatic hydroxyl groups is 2. The summed E-state index contributed by atoms with van der Waals surface area (Å²) < 4.78 is 26.3. The topological polar surface area (TPSA) is 177 Å². The van der Waals surface area contributed by atoms with Gasteiger partial charge < -0.3 is 29.5 Å². The molecule has 1 rings (SSSR count). The van der Waals surface area contributed by atoms with Crippen molar-refractivity contribution >= 4 is 25.5 Å². The summed E-state index contributed by atoms with van der Waals surface area (Å²) >= 11 is 0. The smallest absolute Gasteiger partial charge is 0.462 e. The minimum atomic E-state index is -4.84. The van der Waals surface area contributed by atoms with Crippen LogP contribution in [0, 0.1) is 11.8 Å². The zero-order chi connectivity index (χ0) is 40.6. The van der Waals surface area contributed by atoms with Crippen LogP contribution < -0.4 is 0 Å². The Morgan fingerprint density at radius 3 is 1.98 bits per heavy atom. The lowest BCUT2D eigenvalue weighted by atomic mass is 9.90. The fourth-order valence-electron chi connectivity index (χ4n) is 6.19. The summed E-state index contributed by atoms with van der Waals surface area (Å²) in [6.45, 7) is 3.29. The maximum absolute atomic E-state index is 12.5. The fraction of sp³-hybridized carbons (Fsp3) is 0.698. The van der Waals surface area contributed by atoms with E-state index in [1.165, 1.54) is 38.5 Å². The minimum Gasteiger partial charge on any atom is -0.462 e. The van der Waals surface area contributed by atoms with E-state index in [0.717, 1.165) is 38.5 Å². The predicted molar refractivity (Wildman–Crippen MR) is 217 cm³/mol. The van der Waals surface area contributed by atoms with Gasteiger partial charge in [0.05, 0.1) is 18.8 Å². The first-order valence-electron chi connectivity index (χ1n) is 20.7. The first-order chi connectivity index (χ1) is 26.5. The zero-order valence-electron chi connectivity index (χ0n) is 33.5. The Balaban J connectivity index is 2.34. The van der Waals surface area contributed by atoms with Crippen molar-refractivity contribution in [1.82, 2.24) is 0 Å². The molecule has 0 unspecified atom stereocenters. The number of aliphatic hydroxyl groups excluding tert-OH is 2. The van der Waals surface area contributed by atoms with Crippen LogP contribution in [0.5, 0.6) is 0 Å². The average molecular weight is 795 g/mol. The Hall–Kier alpha value is -2.66. The summed E-state index contributed by atoms with van der Waals surface area (Å²) in [7, 11) is -4.84. The van der Waals surface area contributed by atoms with Crippen LogP contribution in [0.15, 0.2) is 60.8 Å². The SMILES string of the molecule is CCCCCCCC/C=C\C/C=C\C/C=C\CCCC(=O)O[C@H](COC(=O)CCC/C=C\C[C@H]1C(=O)C[C@@H](O)[C@@H]1/C=C/[C@@H](O)CCCCC)COP(=O)(O)O. The first-order valence-corrected chi connectivity index (χ1v) is 22.2. The van der Waals surface area contributed by atoms with Gasteiger partial charge in [-0.3, -0.25) is 18.9 Å². The molecule has 12 heteroatoms. The number of phosphoric ester groups is 1. The number of hydrogen-bond donors (Lipinski definition) is 4. The van der Waals surface area contributed by atoms with Crippen molar-refractivity contribution < 1.29 is 52.9 Å². The maximum Gasteiger partial charge on any atom is 0.469 e. The van der Waals surface area contributed by atoms with Crippen molar-refractivity contribution in [2.75, 3.05) is 13.2 Å². The Morgan fingerprint density at radius 1 is 0.764 bits per heavy atom. The first kappa shape index (κ1) is 50.4. The lowest BCUT2D eigenvalue weighted by molar-refractivity contribution is -0.161. The molecule has 1 saturated carbocycles. The minimum absolute atomic E-state index is 0.0123. The number of carbonyl (C=O) groups excluding carboxylic acids is 3. The standard InChI is InChI=1S/C43H71O11P/c1-3-5-7-8-9-10-11-12-13-14-15-16-17-18-19-20-26-30-43(48)54-37(35-53-55(49,50)51)34-52-42(47)29-25-22-21-24-28-38-39(41(46)33-40(38)45)32-31-36(44)27-23-6-4-2/h12-13,15-16,18-19,21,24,31-32,36-39,41,44,46H,3-11,14,17,20,22-23,25-30,33-35H2,1-2H3,(H2,49,50,51)/b13-12-,16-15-,19-18-,24-21-,32-31+/t36-,37+,38+,39+,41+/m0/s1. The number of phosphoric acid groups is 1. The van der Waals surface area contributed by atoms with Crippen LogP contribution in [-0.2, 0) is 32.9 Å². The third-order valence-corrected chi connectivity index (χ3v) is 9.86. The molecule has 4 N–H and O–H groups in total. The van der Waals surface area contributed by atoms with Crippen molar-refractivity contribution in [3.63, 3.8) is 0 Å². The molecule has 1 fully saturated rings. The van der Waals surface area contributed by atoms with E-state index >= 15 is 0 Å². The molecule has 0 aromatic carbocycles. The van der Waals surface area contributed by atoms with Gasteiger partial charge in [-0.1, -0.05) is 126 Å². The van der Waals surface area contributed by atoms with E-state index in [1.54, 1.807) is 12.2 Å². The molecule has 0 bridgehead atoms. The van der Waals surface area contributed by atoms with Gasteiger partial charge in [0, 0.05) is 31.1 Å². The van der Waals surface area contributed by atoms with Gasteiger partial charge in [-0.2, -0.15) is 0 Å². The number of allylic oxidation sites excluding steroid dienone is 8. The van der Waals surface area contributed by atoms with Gasteiger partial charge >= 0.3 is 19.8 Å². The largest absolute Gasteiger partial charge is 0.469 e. The second-order valence-electron chi connectivity index (χ2n) is 14.4. The molecule has 0 radical (unpaired) electrons. The number of hydrogen-bond acceptors (Lipinski definition) is 9. The highest BCUT2D eigenvalue weighted by Crippen LogP contribution is 2.36. The van der Waals surface area contributed by atoms with Crippen molar-refractivity contribution in [3.05, 3.63) is 60.8 Å². The van der Waals surface area contributed by atoms with Crippen LogP contribution in [0.3, 0.4) is 0 Å². The van der Waals surface area contributed by atoms with E-state index in [1.807, 2.05) is 24.3 Å². The van der Waals surface area contributed by atoms with Crippen molar-refractivity contribution in [2.45, 2.75) is 167 Å². The number of carbonyl (C=O) groups is 3. The molecule has 0 spiro atoms. The molecular formula is C43H71O11P. The molecule has 0 aliphatic heterocycles. The van der Waals surface area contributed by atoms with Crippen molar-refractivity contribution in [2.24, 2.45) is 11.8 Å². The molecule has 11 nitrogen and oxygen atoms in total. The summed E-state index contributed by atoms with van der Waals surface area (Å²) in [6, 6.07) is 0. The zero-order valence-corrected chi connectivity index (χ0v) is 34.4. The molecule has 0 saturated heterocycles. The fourth-order valence-corrected chi connectivity index (χ4v) is 6.55. The van der Waals surface area contributed by atoms with Gasteiger partial charge in [0.15, 0.2) is 6.10 Å². The Bertz CT molecular complexity index is 1230. The number of ether oxygens (including phenoxy) is 2. The normalized spacial score (nSPS) is 19.2. The Kier molecular flexibility index (Phi) is 29.7. The van der Waals surface area contributed by atoms with Gasteiger partial charge in [0.25, 0.3) is 0 Å². The molecule has 314 valence electrons. The van der Waals surface area contributed by atoms with Crippen LogP contribution in [0.2, 0.25) is 0 Å². The lowest BCUT2D eigenvalue weighted by Gasteiger charge is -2.18. The second-order valence-corrected chi connectivity index (χ2v) is 15.6. The van der Waals surface area contributed by atoms with Crippen LogP contribution >= 0.6 is 7.82 Å². The van der Waals surface area contributed by atoms with Crippen molar-refractivity contribution in [3.8, 4) is 0 Å². The monoisotopic (exact) mass is 794 g/mol. The summed E-state index contributed by atoms with van der Waals surface area (Å²) in [5, 5.41) is 20.6. The molecule has 1 aliphatic carbocycles. The number of rotatable bonds is 33. The van der Waals surface area contributed by atoms with Gasteiger partial charge in [-0.05, 0) is 64.2 Å². The third-order valence-electron chi connectivity index (χ3n) is 9.38. The van der Waals surface area contributed by atoms with E-state index in [4.69, 9.17) is 19.3 Å². The van der Waals surface area contributed by atoms with E-state index < -0.39 is 51.3 Å². The molecule has 0 aromatic rings.